The Balaban J connectivity index is 2.75. The lowest BCUT2D eigenvalue weighted by atomic mass is 9.72. The molecule has 1 rings (SSSR count). The van der Waals surface area contributed by atoms with Crippen molar-refractivity contribution in [2.45, 2.75) is 33.1 Å². The van der Waals surface area contributed by atoms with Crippen molar-refractivity contribution >= 4 is 33.2 Å². The molecule has 0 saturated carbocycles. The first-order valence-electron chi connectivity index (χ1n) is 6.82. The Labute approximate surface area is 127 Å². The molecule has 1 fully saturated rings. The number of halogens is 2. The summed E-state index contributed by atoms with van der Waals surface area (Å²) in [5.74, 6) is 1.83. The summed E-state index contributed by atoms with van der Waals surface area (Å²) in [5, 5.41) is 0. The second-order valence-electron chi connectivity index (χ2n) is 6.12. The molecule has 3 nitrogen and oxygen atoms in total. The minimum Gasteiger partial charge on any atom is -0.213 e. The molecule has 0 aromatic carbocycles. The second-order valence-corrected chi connectivity index (χ2v) is 8.63. The molecule has 0 aromatic heterocycles. The Morgan fingerprint density at radius 3 is 2.32 bits per heavy atom. The first-order chi connectivity index (χ1) is 8.75. The van der Waals surface area contributed by atoms with Gasteiger partial charge in [0.2, 0.25) is 10.0 Å². The van der Waals surface area contributed by atoms with Gasteiger partial charge in [0.25, 0.3) is 0 Å². The zero-order valence-electron chi connectivity index (χ0n) is 12.0. The van der Waals surface area contributed by atoms with Gasteiger partial charge in [0.05, 0.1) is 6.26 Å². The molecule has 0 bridgehead atoms. The van der Waals surface area contributed by atoms with Crippen LogP contribution in [0.15, 0.2) is 0 Å². The van der Waals surface area contributed by atoms with E-state index in [4.69, 9.17) is 23.2 Å². The first kappa shape index (κ1) is 17.5. The number of hydrogen-bond acceptors (Lipinski definition) is 2. The molecule has 0 N–H and O–H groups in total. The standard InChI is InChI=1S/C13H25Cl2NO2S/c1-11(2)13(9-14,10-15)7-12-5-4-6-16(8-12)19(3,17)18/h11-12H,4-10H2,1-3H3. The van der Waals surface area contributed by atoms with Gasteiger partial charge in [-0.3, -0.25) is 0 Å². The van der Waals surface area contributed by atoms with Gasteiger partial charge in [-0.05, 0) is 31.1 Å². The van der Waals surface area contributed by atoms with Crippen LogP contribution in [0.5, 0.6) is 0 Å². The van der Waals surface area contributed by atoms with Crippen LogP contribution < -0.4 is 0 Å². The third-order valence-corrected chi connectivity index (χ3v) is 6.74. The molecule has 0 radical (unpaired) electrons. The van der Waals surface area contributed by atoms with Crippen LogP contribution in [0.4, 0.5) is 0 Å². The van der Waals surface area contributed by atoms with Gasteiger partial charge in [0, 0.05) is 30.3 Å². The van der Waals surface area contributed by atoms with Gasteiger partial charge < -0.3 is 0 Å². The van der Waals surface area contributed by atoms with E-state index in [0.29, 0.717) is 36.7 Å². The van der Waals surface area contributed by atoms with Crippen molar-refractivity contribution in [3.63, 3.8) is 0 Å². The topological polar surface area (TPSA) is 37.4 Å². The van der Waals surface area contributed by atoms with E-state index in [0.717, 1.165) is 19.3 Å². The van der Waals surface area contributed by atoms with Crippen LogP contribution in [0.3, 0.4) is 0 Å². The number of piperidine rings is 1. The van der Waals surface area contributed by atoms with E-state index < -0.39 is 10.0 Å². The van der Waals surface area contributed by atoms with Crippen LogP contribution in [0.25, 0.3) is 0 Å². The summed E-state index contributed by atoms with van der Waals surface area (Å²) in [6, 6.07) is 0. The van der Waals surface area contributed by atoms with Crippen molar-refractivity contribution in [2.75, 3.05) is 31.1 Å². The van der Waals surface area contributed by atoms with E-state index in [1.165, 1.54) is 6.26 Å². The Morgan fingerprint density at radius 1 is 1.32 bits per heavy atom. The summed E-state index contributed by atoms with van der Waals surface area (Å²) in [7, 11) is -3.08. The van der Waals surface area contributed by atoms with Gasteiger partial charge in [0.1, 0.15) is 0 Å². The highest BCUT2D eigenvalue weighted by molar-refractivity contribution is 7.88. The maximum atomic E-state index is 11.6. The maximum absolute atomic E-state index is 11.6. The Hall–Kier alpha value is 0.490. The molecular weight excluding hydrogens is 305 g/mol. The normalized spacial score (nSPS) is 22.9. The average Bonchev–Trinajstić information content (AvgIpc) is 2.35. The summed E-state index contributed by atoms with van der Waals surface area (Å²) in [6.45, 7) is 5.54. The molecule has 1 saturated heterocycles. The van der Waals surface area contributed by atoms with Crippen LogP contribution in [-0.4, -0.2) is 43.8 Å². The van der Waals surface area contributed by atoms with Gasteiger partial charge in [0.15, 0.2) is 0 Å². The fourth-order valence-corrected chi connectivity index (χ4v) is 4.82. The van der Waals surface area contributed by atoms with Gasteiger partial charge in [-0.25, -0.2) is 12.7 Å². The molecule has 0 amide bonds. The molecule has 19 heavy (non-hydrogen) atoms. The smallest absolute Gasteiger partial charge is 0.211 e. The number of hydrogen-bond donors (Lipinski definition) is 0. The van der Waals surface area contributed by atoms with Crippen LogP contribution in [0, 0.1) is 17.3 Å². The summed E-state index contributed by atoms with van der Waals surface area (Å²) >= 11 is 12.3. The molecule has 1 aliphatic heterocycles. The van der Waals surface area contributed by atoms with Crippen molar-refractivity contribution in [2.24, 2.45) is 17.3 Å². The van der Waals surface area contributed by atoms with Crippen molar-refractivity contribution in [3.8, 4) is 0 Å². The lowest BCUT2D eigenvalue weighted by molar-refractivity contribution is 0.154. The first-order valence-corrected chi connectivity index (χ1v) is 9.74. The average molecular weight is 330 g/mol. The molecule has 114 valence electrons. The molecule has 1 aliphatic rings. The van der Waals surface area contributed by atoms with E-state index in [1.54, 1.807) is 4.31 Å². The lowest BCUT2D eigenvalue weighted by Gasteiger charge is -2.40. The van der Waals surface area contributed by atoms with E-state index in [1.807, 2.05) is 0 Å². The fraction of sp³-hybridized carbons (Fsp3) is 1.00. The number of nitrogens with zero attached hydrogens (tertiary/aromatic N) is 1. The third kappa shape index (κ3) is 4.48. The summed E-state index contributed by atoms with van der Waals surface area (Å²) < 4.78 is 24.9. The zero-order valence-corrected chi connectivity index (χ0v) is 14.4. The quantitative estimate of drug-likeness (QED) is 0.702. The number of rotatable bonds is 6. The predicted octanol–water partition coefficient (Wildman–Crippen LogP) is 3.17. The predicted molar refractivity (Wildman–Crippen MR) is 82.5 cm³/mol. The van der Waals surface area contributed by atoms with Crippen LogP contribution in [0.1, 0.15) is 33.1 Å². The van der Waals surface area contributed by atoms with Gasteiger partial charge in [-0.1, -0.05) is 13.8 Å². The van der Waals surface area contributed by atoms with Crippen molar-refractivity contribution in [1.29, 1.82) is 0 Å². The van der Waals surface area contributed by atoms with E-state index in [9.17, 15) is 8.42 Å². The number of sulfonamides is 1. The Bertz CT molecular complexity index is 380. The lowest BCUT2D eigenvalue weighted by Crippen LogP contribution is -2.43. The molecule has 0 aliphatic carbocycles. The SMILES string of the molecule is CC(C)C(CCl)(CCl)CC1CCCN(S(C)(=O)=O)C1. The monoisotopic (exact) mass is 329 g/mol. The minimum atomic E-state index is -3.08. The van der Waals surface area contributed by atoms with Gasteiger partial charge >= 0.3 is 0 Å². The Morgan fingerprint density at radius 2 is 1.89 bits per heavy atom. The van der Waals surface area contributed by atoms with Crippen LogP contribution in [0.2, 0.25) is 0 Å². The molecular formula is C13H25Cl2NO2S. The van der Waals surface area contributed by atoms with Crippen LogP contribution >= 0.6 is 23.2 Å². The second kappa shape index (κ2) is 6.97. The van der Waals surface area contributed by atoms with E-state index >= 15 is 0 Å². The van der Waals surface area contributed by atoms with E-state index in [-0.39, 0.29) is 5.41 Å². The maximum Gasteiger partial charge on any atom is 0.211 e. The molecule has 1 atom stereocenters. The summed E-state index contributed by atoms with van der Waals surface area (Å²) in [6.07, 6.45) is 4.18. The largest absolute Gasteiger partial charge is 0.213 e. The molecule has 1 unspecified atom stereocenters. The molecule has 0 aromatic rings. The highest BCUT2D eigenvalue weighted by Crippen LogP contribution is 2.39. The zero-order chi connectivity index (χ0) is 14.7. The van der Waals surface area contributed by atoms with Crippen molar-refractivity contribution in [1.82, 2.24) is 4.31 Å². The van der Waals surface area contributed by atoms with Crippen LogP contribution in [-0.2, 0) is 10.0 Å². The summed E-state index contributed by atoms with van der Waals surface area (Å²) in [5.41, 5.74) is -0.0890. The molecule has 0 spiro atoms. The number of alkyl halides is 2. The third-order valence-electron chi connectivity index (χ3n) is 4.40. The molecule has 1 heterocycles. The summed E-state index contributed by atoms with van der Waals surface area (Å²) in [4.78, 5) is 0. The highest BCUT2D eigenvalue weighted by Gasteiger charge is 2.37. The fourth-order valence-electron chi connectivity index (χ4n) is 2.76. The van der Waals surface area contributed by atoms with E-state index in [2.05, 4.69) is 13.8 Å². The minimum absolute atomic E-state index is 0.0890. The van der Waals surface area contributed by atoms with Gasteiger partial charge in [-0.2, -0.15) is 0 Å². The molecule has 6 heteroatoms. The Kier molecular flexibility index (Phi) is 6.43. The highest BCUT2D eigenvalue weighted by atomic mass is 35.5. The van der Waals surface area contributed by atoms with Gasteiger partial charge in [-0.15, -0.1) is 23.2 Å². The van der Waals surface area contributed by atoms with Crippen molar-refractivity contribution < 1.29 is 8.42 Å². The van der Waals surface area contributed by atoms with Crippen molar-refractivity contribution in [3.05, 3.63) is 0 Å².